The van der Waals surface area contributed by atoms with E-state index in [0.717, 1.165) is 17.4 Å². The van der Waals surface area contributed by atoms with Gasteiger partial charge in [-0.25, -0.2) is 0 Å². The van der Waals surface area contributed by atoms with Gasteiger partial charge in [0.25, 0.3) is 0 Å². The van der Waals surface area contributed by atoms with E-state index in [1.54, 1.807) is 18.2 Å². The first-order chi connectivity index (χ1) is 7.54. The summed E-state index contributed by atoms with van der Waals surface area (Å²) in [6, 6.07) is 6.97. The van der Waals surface area contributed by atoms with Gasteiger partial charge in [-0.15, -0.1) is 0 Å². The van der Waals surface area contributed by atoms with Crippen LogP contribution in [-0.4, -0.2) is 57.4 Å². The molecule has 4 nitrogen and oxygen atoms in total. The van der Waals surface area contributed by atoms with Gasteiger partial charge in [-0.1, -0.05) is 18.2 Å². The van der Waals surface area contributed by atoms with E-state index in [0.29, 0.717) is 19.0 Å². The van der Waals surface area contributed by atoms with Gasteiger partial charge in [0.2, 0.25) is 0 Å². The normalized spacial score (nSPS) is 15.0. The standard InChI is InChI=1S/C11H12O4S.Na/c1-16(12,13)15-11-4-2-3-9(7-11)10-5-6-14-8-10;/h2-5,7H,6,8H2,1H3;. The van der Waals surface area contributed by atoms with Gasteiger partial charge in [0.1, 0.15) is 5.75 Å². The van der Waals surface area contributed by atoms with Crippen LogP contribution in [0.4, 0.5) is 0 Å². The smallest absolute Gasteiger partial charge is 0.306 e. The summed E-state index contributed by atoms with van der Waals surface area (Å²) < 4.78 is 32.0. The fraction of sp³-hybridized carbons (Fsp3) is 0.273. The molecule has 1 aliphatic heterocycles. The van der Waals surface area contributed by atoms with E-state index < -0.39 is 10.1 Å². The molecule has 6 heteroatoms. The van der Waals surface area contributed by atoms with Crippen LogP contribution in [0.1, 0.15) is 5.56 Å². The van der Waals surface area contributed by atoms with Gasteiger partial charge in [-0.2, -0.15) is 8.42 Å². The topological polar surface area (TPSA) is 52.6 Å². The molecular formula is C11H12NaO4S. The monoisotopic (exact) mass is 263 g/mol. The third-order valence-electron chi connectivity index (χ3n) is 2.16. The SMILES string of the molecule is CS(=O)(=O)Oc1cccc(C2=CCOC2)c1.[Na]. The first-order valence-electron chi connectivity index (χ1n) is 4.81. The second-order valence-electron chi connectivity index (χ2n) is 3.56. The summed E-state index contributed by atoms with van der Waals surface area (Å²) in [5.74, 6) is 0.327. The second kappa shape index (κ2) is 6.02. The van der Waals surface area contributed by atoms with E-state index in [2.05, 4.69) is 0 Å². The maximum Gasteiger partial charge on any atom is 0.306 e. The van der Waals surface area contributed by atoms with Gasteiger partial charge in [0.15, 0.2) is 0 Å². The summed E-state index contributed by atoms with van der Waals surface area (Å²) in [6.07, 6.45) is 3.00. The number of hydrogen-bond donors (Lipinski definition) is 0. The van der Waals surface area contributed by atoms with Crippen LogP contribution in [0.5, 0.6) is 5.75 Å². The fourth-order valence-corrected chi connectivity index (χ4v) is 1.96. The van der Waals surface area contributed by atoms with Crippen molar-refractivity contribution < 1.29 is 17.3 Å². The molecule has 1 heterocycles. The molecule has 2 rings (SSSR count). The van der Waals surface area contributed by atoms with Crippen LogP contribution in [0.2, 0.25) is 0 Å². The quantitative estimate of drug-likeness (QED) is 0.604. The Morgan fingerprint density at radius 2 is 2.12 bits per heavy atom. The molecular weight excluding hydrogens is 251 g/mol. The molecule has 0 aromatic heterocycles. The Morgan fingerprint density at radius 1 is 1.35 bits per heavy atom. The van der Waals surface area contributed by atoms with E-state index >= 15 is 0 Å². The van der Waals surface area contributed by atoms with Crippen LogP contribution in [0, 0.1) is 0 Å². The molecule has 0 aliphatic carbocycles. The zero-order valence-electron chi connectivity index (χ0n) is 9.84. The fourth-order valence-electron chi connectivity index (χ4n) is 1.51. The van der Waals surface area contributed by atoms with E-state index in [1.165, 1.54) is 0 Å². The van der Waals surface area contributed by atoms with Crippen LogP contribution in [-0.2, 0) is 14.9 Å². The molecule has 0 bridgehead atoms. The van der Waals surface area contributed by atoms with Crippen molar-refractivity contribution in [1.82, 2.24) is 0 Å². The van der Waals surface area contributed by atoms with Gasteiger partial charge in [-0.3, -0.25) is 0 Å². The third-order valence-corrected chi connectivity index (χ3v) is 2.65. The van der Waals surface area contributed by atoms with Crippen LogP contribution in [0.3, 0.4) is 0 Å². The summed E-state index contributed by atoms with van der Waals surface area (Å²) in [5.41, 5.74) is 1.98. The summed E-state index contributed by atoms with van der Waals surface area (Å²) in [7, 11) is -3.47. The van der Waals surface area contributed by atoms with Crippen molar-refractivity contribution in [3.63, 3.8) is 0 Å². The van der Waals surface area contributed by atoms with E-state index in [4.69, 9.17) is 8.92 Å². The Kier molecular flexibility index (Phi) is 5.22. The molecule has 0 spiro atoms. The maximum atomic E-state index is 11.0. The second-order valence-corrected chi connectivity index (χ2v) is 5.13. The number of rotatable bonds is 3. The number of benzene rings is 1. The van der Waals surface area contributed by atoms with E-state index in [-0.39, 0.29) is 29.6 Å². The van der Waals surface area contributed by atoms with Gasteiger partial charge < -0.3 is 8.92 Å². The van der Waals surface area contributed by atoms with Crippen LogP contribution in [0.15, 0.2) is 30.3 Å². The molecule has 0 N–H and O–H groups in total. The van der Waals surface area contributed by atoms with Gasteiger partial charge >= 0.3 is 10.1 Å². The van der Waals surface area contributed by atoms with Crippen molar-refractivity contribution in [3.8, 4) is 5.75 Å². The summed E-state index contributed by atoms with van der Waals surface area (Å²) in [6.45, 7) is 1.16. The average molecular weight is 263 g/mol. The van der Waals surface area contributed by atoms with Crippen molar-refractivity contribution in [2.75, 3.05) is 19.5 Å². The first-order valence-corrected chi connectivity index (χ1v) is 6.63. The van der Waals surface area contributed by atoms with Crippen molar-refractivity contribution in [2.24, 2.45) is 0 Å². The predicted molar refractivity (Wildman–Crippen MR) is 66.5 cm³/mol. The zero-order valence-corrected chi connectivity index (χ0v) is 12.7. The molecule has 1 radical (unpaired) electrons. The Labute approximate surface area is 123 Å². The zero-order chi connectivity index (χ0) is 11.6. The van der Waals surface area contributed by atoms with Crippen molar-refractivity contribution >= 4 is 45.2 Å². The molecule has 0 atom stereocenters. The van der Waals surface area contributed by atoms with Gasteiger partial charge in [0, 0.05) is 29.6 Å². The van der Waals surface area contributed by atoms with Crippen molar-refractivity contribution in [3.05, 3.63) is 35.9 Å². The Bertz CT molecular complexity index is 522. The summed E-state index contributed by atoms with van der Waals surface area (Å²) >= 11 is 0. The Hall–Kier alpha value is -0.330. The molecule has 1 aromatic carbocycles. The minimum atomic E-state index is -3.47. The molecule has 1 aromatic rings. The Balaban J connectivity index is 0.00000144. The molecule has 0 unspecified atom stereocenters. The average Bonchev–Trinajstić information content (AvgIpc) is 2.68. The maximum absolute atomic E-state index is 11.0. The largest absolute Gasteiger partial charge is 0.383 e. The number of hydrogen-bond acceptors (Lipinski definition) is 4. The minimum Gasteiger partial charge on any atom is -0.383 e. The molecule has 0 amide bonds. The van der Waals surface area contributed by atoms with E-state index in [9.17, 15) is 8.42 Å². The van der Waals surface area contributed by atoms with Crippen LogP contribution >= 0.6 is 0 Å². The van der Waals surface area contributed by atoms with E-state index in [1.807, 2.05) is 12.1 Å². The van der Waals surface area contributed by atoms with Crippen LogP contribution in [0.25, 0.3) is 5.57 Å². The third kappa shape index (κ3) is 4.44. The Morgan fingerprint density at radius 3 is 2.71 bits per heavy atom. The molecule has 87 valence electrons. The molecule has 0 saturated carbocycles. The van der Waals surface area contributed by atoms with Gasteiger partial charge in [0.05, 0.1) is 19.5 Å². The molecule has 1 aliphatic rings. The van der Waals surface area contributed by atoms with Gasteiger partial charge in [-0.05, 0) is 23.3 Å². The van der Waals surface area contributed by atoms with Crippen molar-refractivity contribution in [2.45, 2.75) is 0 Å². The summed E-state index contributed by atoms with van der Waals surface area (Å²) in [4.78, 5) is 0. The molecule has 0 fully saturated rings. The van der Waals surface area contributed by atoms with Crippen LogP contribution < -0.4 is 4.18 Å². The summed E-state index contributed by atoms with van der Waals surface area (Å²) in [5, 5.41) is 0. The minimum absolute atomic E-state index is 0. The predicted octanol–water partition coefficient (Wildman–Crippen LogP) is 1.06. The van der Waals surface area contributed by atoms with Crippen molar-refractivity contribution in [1.29, 1.82) is 0 Å². The molecule has 17 heavy (non-hydrogen) atoms. The molecule has 0 saturated heterocycles. The first kappa shape index (κ1) is 14.7. The number of ether oxygens (including phenoxy) is 1.